The van der Waals surface area contributed by atoms with Crippen molar-refractivity contribution in [2.45, 2.75) is 6.42 Å². The van der Waals surface area contributed by atoms with E-state index >= 15 is 0 Å². The summed E-state index contributed by atoms with van der Waals surface area (Å²) in [6, 6.07) is 7.96. The van der Waals surface area contributed by atoms with Crippen molar-refractivity contribution in [2.75, 3.05) is 32.6 Å². The lowest BCUT2D eigenvalue weighted by molar-refractivity contribution is 0.416. The second-order valence-electron chi connectivity index (χ2n) is 3.08. The van der Waals surface area contributed by atoms with E-state index in [0.29, 0.717) is 0 Å². The van der Waals surface area contributed by atoms with Crippen LogP contribution in [0.4, 0.5) is 5.69 Å². The van der Waals surface area contributed by atoms with Crippen LogP contribution in [0.2, 0.25) is 0 Å². The van der Waals surface area contributed by atoms with E-state index in [2.05, 4.69) is 10.6 Å². The third kappa shape index (κ3) is 3.26. The molecule has 0 saturated heterocycles. The molecule has 0 aliphatic carbocycles. The zero-order valence-corrected chi connectivity index (χ0v) is 8.84. The largest absolute Gasteiger partial charge is 0.495 e. The van der Waals surface area contributed by atoms with E-state index < -0.39 is 0 Å². The molecule has 1 aromatic carbocycles. The molecule has 0 aliphatic heterocycles. The van der Waals surface area contributed by atoms with Gasteiger partial charge in [-0.25, -0.2) is 0 Å². The average molecular weight is 194 g/mol. The number of ether oxygens (including phenoxy) is 1. The first-order valence-corrected chi connectivity index (χ1v) is 4.90. The van der Waals surface area contributed by atoms with E-state index in [9.17, 15) is 0 Å². The van der Waals surface area contributed by atoms with Crippen LogP contribution in [0.5, 0.6) is 5.75 Å². The van der Waals surface area contributed by atoms with Gasteiger partial charge in [0.05, 0.1) is 12.8 Å². The van der Waals surface area contributed by atoms with Gasteiger partial charge in [0.25, 0.3) is 0 Å². The van der Waals surface area contributed by atoms with Crippen molar-refractivity contribution >= 4 is 5.69 Å². The third-order valence-corrected chi connectivity index (χ3v) is 2.03. The normalized spacial score (nSPS) is 9.86. The monoisotopic (exact) mass is 194 g/mol. The third-order valence-electron chi connectivity index (χ3n) is 2.03. The fraction of sp³-hybridized carbons (Fsp3) is 0.455. The molecule has 0 radical (unpaired) electrons. The Morgan fingerprint density at radius 1 is 1.21 bits per heavy atom. The van der Waals surface area contributed by atoms with Crippen LogP contribution in [0.1, 0.15) is 6.42 Å². The van der Waals surface area contributed by atoms with Gasteiger partial charge in [0.2, 0.25) is 0 Å². The second-order valence-corrected chi connectivity index (χ2v) is 3.08. The summed E-state index contributed by atoms with van der Waals surface area (Å²) in [5.41, 5.74) is 1.06. The Kier molecular flexibility index (Phi) is 4.86. The molecular formula is C11H18N2O. The Morgan fingerprint density at radius 2 is 2.00 bits per heavy atom. The van der Waals surface area contributed by atoms with E-state index in [1.165, 1.54) is 0 Å². The first-order valence-electron chi connectivity index (χ1n) is 4.90. The molecule has 0 bridgehead atoms. The lowest BCUT2D eigenvalue weighted by Gasteiger charge is -2.10. The SMILES string of the molecule is CNCCCNc1ccccc1OC. The van der Waals surface area contributed by atoms with Gasteiger partial charge in [0.1, 0.15) is 5.75 Å². The van der Waals surface area contributed by atoms with Gasteiger partial charge in [-0.1, -0.05) is 12.1 Å². The molecule has 0 amide bonds. The van der Waals surface area contributed by atoms with Gasteiger partial charge >= 0.3 is 0 Å². The maximum absolute atomic E-state index is 5.22. The molecule has 0 saturated carbocycles. The van der Waals surface area contributed by atoms with Crippen LogP contribution in [0.25, 0.3) is 0 Å². The molecule has 1 rings (SSSR count). The summed E-state index contributed by atoms with van der Waals surface area (Å²) in [5.74, 6) is 0.900. The van der Waals surface area contributed by atoms with E-state index in [1.807, 2.05) is 31.3 Å². The molecular weight excluding hydrogens is 176 g/mol. The standard InChI is InChI=1S/C11H18N2O/c1-12-8-5-9-13-10-6-3-4-7-11(10)14-2/h3-4,6-7,12-13H,5,8-9H2,1-2H3. The molecule has 0 heterocycles. The van der Waals surface area contributed by atoms with E-state index in [4.69, 9.17) is 4.74 Å². The number of benzene rings is 1. The predicted molar refractivity (Wildman–Crippen MR) is 60.0 cm³/mol. The van der Waals surface area contributed by atoms with Crippen LogP contribution in [-0.4, -0.2) is 27.2 Å². The highest BCUT2D eigenvalue weighted by molar-refractivity contribution is 5.55. The van der Waals surface area contributed by atoms with Crippen LogP contribution < -0.4 is 15.4 Å². The van der Waals surface area contributed by atoms with Gasteiger partial charge in [-0.15, -0.1) is 0 Å². The van der Waals surface area contributed by atoms with Gasteiger partial charge < -0.3 is 15.4 Å². The molecule has 2 N–H and O–H groups in total. The molecule has 3 heteroatoms. The van der Waals surface area contributed by atoms with Crippen LogP contribution in [0, 0.1) is 0 Å². The molecule has 0 unspecified atom stereocenters. The van der Waals surface area contributed by atoms with Crippen molar-refractivity contribution in [1.29, 1.82) is 0 Å². The molecule has 0 fully saturated rings. The Labute approximate surface area is 85.5 Å². The van der Waals surface area contributed by atoms with E-state index in [0.717, 1.165) is 30.9 Å². The fourth-order valence-electron chi connectivity index (χ4n) is 1.28. The van der Waals surface area contributed by atoms with Crippen LogP contribution in [0.15, 0.2) is 24.3 Å². The second kappa shape index (κ2) is 6.27. The molecule has 0 aromatic heterocycles. The number of nitrogens with one attached hydrogen (secondary N) is 2. The van der Waals surface area contributed by atoms with E-state index in [-0.39, 0.29) is 0 Å². The van der Waals surface area contributed by atoms with Gasteiger partial charge in [0, 0.05) is 6.54 Å². The summed E-state index contributed by atoms with van der Waals surface area (Å²) in [6.07, 6.45) is 1.11. The van der Waals surface area contributed by atoms with Crippen molar-refractivity contribution in [1.82, 2.24) is 5.32 Å². The maximum atomic E-state index is 5.22. The van der Waals surface area contributed by atoms with Gasteiger partial charge in [-0.3, -0.25) is 0 Å². The number of rotatable bonds is 6. The molecule has 1 aromatic rings. The Hall–Kier alpha value is -1.22. The maximum Gasteiger partial charge on any atom is 0.141 e. The summed E-state index contributed by atoms with van der Waals surface area (Å²) in [4.78, 5) is 0. The van der Waals surface area contributed by atoms with Gasteiger partial charge in [0.15, 0.2) is 0 Å². The number of hydrogen-bond donors (Lipinski definition) is 2. The number of methoxy groups -OCH3 is 1. The smallest absolute Gasteiger partial charge is 0.141 e. The molecule has 14 heavy (non-hydrogen) atoms. The summed E-state index contributed by atoms with van der Waals surface area (Å²) >= 11 is 0. The first kappa shape index (κ1) is 10.9. The molecule has 3 nitrogen and oxygen atoms in total. The minimum Gasteiger partial charge on any atom is -0.495 e. The predicted octanol–water partition coefficient (Wildman–Crippen LogP) is 1.72. The topological polar surface area (TPSA) is 33.3 Å². The van der Waals surface area contributed by atoms with E-state index in [1.54, 1.807) is 7.11 Å². The highest BCUT2D eigenvalue weighted by Crippen LogP contribution is 2.22. The molecule has 0 atom stereocenters. The van der Waals surface area contributed by atoms with Crippen molar-refractivity contribution in [3.63, 3.8) is 0 Å². The minimum atomic E-state index is 0.900. The highest BCUT2D eigenvalue weighted by Gasteiger charge is 1.98. The summed E-state index contributed by atoms with van der Waals surface area (Å²) in [7, 11) is 3.65. The highest BCUT2D eigenvalue weighted by atomic mass is 16.5. The van der Waals surface area contributed by atoms with Crippen LogP contribution in [0.3, 0.4) is 0 Å². The average Bonchev–Trinajstić information content (AvgIpc) is 2.25. The van der Waals surface area contributed by atoms with Crippen molar-refractivity contribution in [2.24, 2.45) is 0 Å². The van der Waals surface area contributed by atoms with Gasteiger partial charge in [-0.2, -0.15) is 0 Å². The Bertz CT molecular complexity index is 263. The number of anilines is 1. The molecule has 78 valence electrons. The summed E-state index contributed by atoms with van der Waals surface area (Å²) in [5, 5.41) is 6.45. The Balaban J connectivity index is 2.41. The fourth-order valence-corrected chi connectivity index (χ4v) is 1.28. The zero-order chi connectivity index (χ0) is 10.2. The minimum absolute atomic E-state index is 0.900. The van der Waals surface area contributed by atoms with Crippen molar-refractivity contribution in [3.05, 3.63) is 24.3 Å². The number of hydrogen-bond acceptors (Lipinski definition) is 3. The molecule has 0 aliphatic rings. The Morgan fingerprint density at radius 3 is 2.71 bits per heavy atom. The zero-order valence-electron chi connectivity index (χ0n) is 8.84. The summed E-state index contributed by atoms with van der Waals surface area (Å²) < 4.78 is 5.22. The lowest BCUT2D eigenvalue weighted by atomic mass is 10.3. The van der Waals surface area contributed by atoms with Gasteiger partial charge in [-0.05, 0) is 32.1 Å². The van der Waals surface area contributed by atoms with Crippen molar-refractivity contribution < 1.29 is 4.74 Å². The summed E-state index contributed by atoms with van der Waals surface area (Å²) in [6.45, 7) is 1.99. The van der Waals surface area contributed by atoms with Crippen LogP contribution >= 0.6 is 0 Å². The quantitative estimate of drug-likeness (QED) is 0.676. The van der Waals surface area contributed by atoms with Crippen molar-refractivity contribution in [3.8, 4) is 5.75 Å². The molecule has 0 spiro atoms. The first-order chi connectivity index (χ1) is 6.88. The lowest BCUT2D eigenvalue weighted by Crippen LogP contribution is -2.13. The number of para-hydroxylation sites is 2. The van der Waals surface area contributed by atoms with Crippen LogP contribution in [-0.2, 0) is 0 Å².